The fourth-order valence-corrected chi connectivity index (χ4v) is 2.67. The predicted octanol–water partition coefficient (Wildman–Crippen LogP) is 2.00. The largest absolute Gasteiger partial charge is 0.394 e. The molecule has 1 aromatic rings. The highest BCUT2D eigenvalue weighted by Crippen LogP contribution is 2.18. The first-order valence-electron chi connectivity index (χ1n) is 6.93. The van der Waals surface area contributed by atoms with Gasteiger partial charge in [-0.3, -0.25) is 9.69 Å². The highest BCUT2D eigenvalue weighted by Gasteiger charge is 2.22. The normalized spacial score (nSPS) is 17.3. The Labute approximate surface area is 124 Å². The molecule has 0 unspecified atom stereocenters. The molecule has 1 saturated heterocycles. The third kappa shape index (κ3) is 4.28. The molecule has 0 amide bonds. The van der Waals surface area contributed by atoms with E-state index in [1.165, 1.54) is 0 Å². The molecule has 0 saturated carbocycles. The minimum atomic E-state index is 0.0605. The van der Waals surface area contributed by atoms with Gasteiger partial charge in [-0.2, -0.15) is 0 Å². The van der Waals surface area contributed by atoms with Gasteiger partial charge in [0.1, 0.15) is 0 Å². The van der Waals surface area contributed by atoms with Crippen LogP contribution in [0.3, 0.4) is 0 Å². The van der Waals surface area contributed by atoms with Crippen LogP contribution < -0.4 is 0 Å². The van der Waals surface area contributed by atoms with Crippen LogP contribution in [-0.2, 0) is 4.74 Å². The second-order valence-electron chi connectivity index (χ2n) is 4.97. The van der Waals surface area contributed by atoms with Gasteiger partial charge in [-0.05, 0) is 25.0 Å². The van der Waals surface area contributed by atoms with Crippen LogP contribution in [0.2, 0.25) is 5.02 Å². The molecule has 1 heterocycles. The smallest absolute Gasteiger partial charge is 0.178 e. The standard InChI is InChI=1S/C15H20ClNO3/c16-14-4-2-1-3-13(14)15(19)11-17-7-5-12(6-8-17)20-10-9-18/h1-4,12,18H,5-11H2. The van der Waals surface area contributed by atoms with E-state index in [0.717, 1.165) is 25.9 Å². The van der Waals surface area contributed by atoms with Crippen LogP contribution in [-0.4, -0.2) is 54.7 Å². The highest BCUT2D eigenvalue weighted by atomic mass is 35.5. The lowest BCUT2D eigenvalue weighted by Crippen LogP contribution is -2.40. The Balaban J connectivity index is 1.81. The third-order valence-corrected chi connectivity index (χ3v) is 3.85. The number of ketones is 1. The molecule has 0 aliphatic carbocycles. The number of aliphatic hydroxyl groups is 1. The van der Waals surface area contributed by atoms with Gasteiger partial charge >= 0.3 is 0 Å². The molecule has 0 aromatic heterocycles. The maximum absolute atomic E-state index is 12.2. The predicted molar refractivity (Wildman–Crippen MR) is 78.3 cm³/mol. The van der Waals surface area contributed by atoms with E-state index in [-0.39, 0.29) is 18.5 Å². The SMILES string of the molecule is O=C(CN1CCC(OCCO)CC1)c1ccccc1Cl. The van der Waals surface area contributed by atoms with Crippen molar-refractivity contribution in [3.63, 3.8) is 0 Å². The number of carbonyl (C=O) groups excluding carboxylic acids is 1. The van der Waals surface area contributed by atoms with E-state index in [0.29, 0.717) is 23.7 Å². The average Bonchev–Trinajstić information content (AvgIpc) is 2.47. The molecule has 1 fully saturated rings. The number of halogens is 1. The second kappa shape index (κ2) is 7.74. The molecule has 0 radical (unpaired) electrons. The van der Waals surface area contributed by atoms with Gasteiger partial charge in [0.25, 0.3) is 0 Å². The van der Waals surface area contributed by atoms with Gasteiger partial charge in [-0.25, -0.2) is 0 Å². The molecular weight excluding hydrogens is 278 g/mol. The lowest BCUT2D eigenvalue weighted by Gasteiger charge is -2.31. The van der Waals surface area contributed by atoms with Gasteiger partial charge in [0.05, 0.1) is 30.9 Å². The van der Waals surface area contributed by atoms with Crippen LogP contribution in [0.1, 0.15) is 23.2 Å². The van der Waals surface area contributed by atoms with Crippen molar-refractivity contribution in [2.45, 2.75) is 18.9 Å². The summed E-state index contributed by atoms with van der Waals surface area (Å²) in [7, 11) is 0. The van der Waals surface area contributed by atoms with Crippen molar-refractivity contribution in [3.8, 4) is 0 Å². The molecule has 1 N–H and O–H groups in total. The molecule has 20 heavy (non-hydrogen) atoms. The quantitative estimate of drug-likeness (QED) is 0.816. The number of carbonyl (C=O) groups is 1. The van der Waals surface area contributed by atoms with E-state index in [1.807, 2.05) is 12.1 Å². The van der Waals surface area contributed by atoms with Gasteiger partial charge in [0.2, 0.25) is 0 Å². The van der Waals surface area contributed by atoms with E-state index in [9.17, 15) is 4.79 Å². The number of hydrogen-bond acceptors (Lipinski definition) is 4. The van der Waals surface area contributed by atoms with Crippen LogP contribution in [0.25, 0.3) is 0 Å². The molecule has 2 rings (SSSR count). The maximum Gasteiger partial charge on any atom is 0.178 e. The summed E-state index contributed by atoms with van der Waals surface area (Å²) in [4.78, 5) is 14.3. The summed E-state index contributed by atoms with van der Waals surface area (Å²) in [6.45, 7) is 2.53. The lowest BCUT2D eigenvalue weighted by molar-refractivity contribution is -0.00689. The molecule has 0 bridgehead atoms. The third-order valence-electron chi connectivity index (χ3n) is 3.52. The van der Waals surface area contributed by atoms with Gasteiger partial charge in [-0.15, -0.1) is 0 Å². The Morgan fingerprint density at radius 3 is 2.70 bits per heavy atom. The first-order valence-corrected chi connectivity index (χ1v) is 7.31. The molecule has 1 aliphatic rings. The number of aliphatic hydroxyl groups excluding tert-OH is 1. The van der Waals surface area contributed by atoms with Gasteiger partial charge in [0.15, 0.2) is 5.78 Å². The fraction of sp³-hybridized carbons (Fsp3) is 0.533. The highest BCUT2D eigenvalue weighted by molar-refractivity contribution is 6.34. The number of ether oxygens (including phenoxy) is 1. The van der Waals surface area contributed by atoms with Crippen molar-refractivity contribution in [2.75, 3.05) is 32.8 Å². The number of benzene rings is 1. The lowest BCUT2D eigenvalue weighted by atomic mass is 10.1. The van der Waals surface area contributed by atoms with Crippen LogP contribution in [0.5, 0.6) is 0 Å². The molecule has 1 aromatic carbocycles. The van der Waals surface area contributed by atoms with Gasteiger partial charge in [0, 0.05) is 18.7 Å². The average molecular weight is 298 g/mol. The van der Waals surface area contributed by atoms with Gasteiger partial charge < -0.3 is 9.84 Å². The van der Waals surface area contributed by atoms with E-state index in [1.54, 1.807) is 12.1 Å². The van der Waals surface area contributed by atoms with Crippen LogP contribution in [0.15, 0.2) is 24.3 Å². The Kier molecular flexibility index (Phi) is 5.98. The second-order valence-corrected chi connectivity index (χ2v) is 5.38. The number of nitrogens with zero attached hydrogens (tertiary/aromatic N) is 1. The Bertz CT molecular complexity index is 444. The molecule has 4 nitrogen and oxygen atoms in total. The van der Waals surface area contributed by atoms with Crippen LogP contribution >= 0.6 is 11.6 Å². The van der Waals surface area contributed by atoms with E-state index >= 15 is 0 Å². The van der Waals surface area contributed by atoms with Crippen molar-refractivity contribution in [2.24, 2.45) is 0 Å². The summed E-state index contributed by atoms with van der Waals surface area (Å²) in [5, 5.41) is 9.24. The zero-order valence-corrected chi connectivity index (χ0v) is 12.2. The molecule has 0 atom stereocenters. The molecular formula is C15H20ClNO3. The summed E-state index contributed by atoms with van der Waals surface area (Å²) in [5.74, 6) is 0.0605. The number of Topliss-reactive ketones (excluding diaryl/α,β-unsaturated/α-hetero) is 1. The van der Waals surface area contributed by atoms with Crippen LogP contribution in [0, 0.1) is 0 Å². The number of hydrogen-bond donors (Lipinski definition) is 1. The van der Waals surface area contributed by atoms with Crippen molar-refractivity contribution in [1.29, 1.82) is 0 Å². The molecule has 5 heteroatoms. The fourth-order valence-electron chi connectivity index (χ4n) is 2.43. The minimum absolute atomic E-state index is 0.0605. The Morgan fingerprint density at radius 1 is 1.35 bits per heavy atom. The maximum atomic E-state index is 12.2. The summed E-state index contributed by atoms with van der Waals surface area (Å²) in [5.41, 5.74) is 0.591. The molecule has 1 aliphatic heterocycles. The summed E-state index contributed by atoms with van der Waals surface area (Å²) >= 11 is 6.03. The van der Waals surface area contributed by atoms with Crippen LogP contribution in [0.4, 0.5) is 0 Å². The van der Waals surface area contributed by atoms with E-state index in [2.05, 4.69) is 4.90 Å². The van der Waals surface area contributed by atoms with E-state index in [4.69, 9.17) is 21.4 Å². The monoisotopic (exact) mass is 297 g/mol. The molecule has 0 spiro atoms. The zero-order valence-electron chi connectivity index (χ0n) is 11.4. The first-order chi connectivity index (χ1) is 9.70. The number of piperidine rings is 1. The Hall–Kier alpha value is -0.940. The summed E-state index contributed by atoms with van der Waals surface area (Å²) in [6.07, 6.45) is 2.00. The number of likely N-dealkylation sites (tertiary alicyclic amines) is 1. The molecule has 110 valence electrons. The zero-order chi connectivity index (χ0) is 14.4. The summed E-state index contributed by atoms with van der Waals surface area (Å²) in [6, 6.07) is 7.16. The topological polar surface area (TPSA) is 49.8 Å². The Morgan fingerprint density at radius 2 is 2.05 bits per heavy atom. The van der Waals surface area contributed by atoms with Crippen molar-refractivity contribution < 1.29 is 14.6 Å². The summed E-state index contributed by atoms with van der Waals surface area (Å²) < 4.78 is 5.51. The van der Waals surface area contributed by atoms with Crippen molar-refractivity contribution in [1.82, 2.24) is 4.90 Å². The minimum Gasteiger partial charge on any atom is -0.394 e. The first kappa shape index (κ1) is 15.4. The van der Waals surface area contributed by atoms with Gasteiger partial charge in [-0.1, -0.05) is 23.7 Å². The van der Waals surface area contributed by atoms with Crippen molar-refractivity contribution >= 4 is 17.4 Å². The number of rotatable bonds is 6. The van der Waals surface area contributed by atoms with E-state index < -0.39 is 0 Å². The van der Waals surface area contributed by atoms with Crippen molar-refractivity contribution in [3.05, 3.63) is 34.9 Å².